The van der Waals surface area contributed by atoms with Crippen molar-refractivity contribution in [3.8, 4) is 0 Å². The number of nitrogens with two attached hydrogens (primary N) is 4. The van der Waals surface area contributed by atoms with E-state index in [1.54, 1.807) is 30.3 Å². The number of guanidine groups is 1. The van der Waals surface area contributed by atoms with Gasteiger partial charge in [-0.15, -0.1) is 0 Å². The molecule has 0 saturated carbocycles. The number of nitrogens with zero attached hydrogens (tertiary/aromatic N) is 3. The molecule has 354 valence electrons. The fraction of sp³-hybridized carbons (Fsp3) is 0.610. The van der Waals surface area contributed by atoms with Gasteiger partial charge >= 0.3 is 5.97 Å². The number of aliphatic hydroxyl groups excluding tert-OH is 1. The molecular formula is C41H64N12O11. The number of amides is 8. The molecule has 0 bridgehead atoms. The van der Waals surface area contributed by atoms with E-state index in [4.69, 9.17) is 22.9 Å². The van der Waals surface area contributed by atoms with E-state index in [1.165, 1.54) is 9.80 Å². The maximum Gasteiger partial charge on any atom is 0.326 e. The summed E-state index contributed by atoms with van der Waals surface area (Å²) >= 11 is 0. The molecule has 0 aromatic heterocycles. The van der Waals surface area contributed by atoms with E-state index in [0.717, 1.165) is 0 Å². The fourth-order valence-electron chi connectivity index (χ4n) is 7.47. The zero-order valence-corrected chi connectivity index (χ0v) is 36.3. The summed E-state index contributed by atoms with van der Waals surface area (Å²) in [5.41, 5.74) is 22.5. The molecule has 2 aliphatic heterocycles. The molecule has 0 spiro atoms. The topological polar surface area (TPSA) is 377 Å². The van der Waals surface area contributed by atoms with Crippen molar-refractivity contribution in [2.24, 2.45) is 33.8 Å². The van der Waals surface area contributed by atoms with Crippen molar-refractivity contribution >= 4 is 59.2 Å². The van der Waals surface area contributed by atoms with Gasteiger partial charge in [0.15, 0.2) is 5.96 Å². The van der Waals surface area contributed by atoms with Crippen LogP contribution in [0, 0.1) is 5.92 Å². The minimum absolute atomic E-state index is 0.0333. The molecule has 2 aliphatic rings. The van der Waals surface area contributed by atoms with Crippen LogP contribution in [0.3, 0.4) is 0 Å². The van der Waals surface area contributed by atoms with Gasteiger partial charge in [-0.25, -0.2) is 4.79 Å². The number of aliphatic carboxylic acids is 1. The molecule has 0 aliphatic carbocycles. The lowest BCUT2D eigenvalue weighted by atomic mass is 10.0. The predicted octanol–water partition coefficient (Wildman–Crippen LogP) is -3.96. The second-order valence-electron chi connectivity index (χ2n) is 16.3. The van der Waals surface area contributed by atoms with Gasteiger partial charge in [0.25, 0.3) is 0 Å². The van der Waals surface area contributed by atoms with Crippen molar-refractivity contribution in [1.82, 2.24) is 36.4 Å². The summed E-state index contributed by atoms with van der Waals surface area (Å²) in [6.45, 7) is 2.73. The Bertz CT molecular complexity index is 1850. The van der Waals surface area contributed by atoms with Gasteiger partial charge in [-0.1, -0.05) is 44.2 Å². The SMILES string of the molecule is CC(C)C[C@H](NC(=O)[C@H](Cc1ccccc1)NC(=O)[C@@H]1CCCN1C(=O)CNC(=O)[C@H](CCC(N)=O)NC(=O)[C@@H]1CCCN1C(=O)[C@H](CCCN=C(N)N)NC(=O)[C@@H](N)CO)C(=O)O. The Morgan fingerprint density at radius 3 is 1.94 bits per heavy atom. The normalized spacial score (nSPS) is 18.1. The lowest BCUT2D eigenvalue weighted by Gasteiger charge is -2.30. The number of likely N-dealkylation sites (tertiary alicyclic amines) is 2. The number of rotatable bonds is 25. The summed E-state index contributed by atoms with van der Waals surface area (Å²) in [7, 11) is 0. The van der Waals surface area contributed by atoms with E-state index in [0.29, 0.717) is 18.4 Å². The van der Waals surface area contributed by atoms with Gasteiger partial charge in [0.2, 0.25) is 47.3 Å². The average Bonchev–Trinajstić information content (AvgIpc) is 3.95. The smallest absolute Gasteiger partial charge is 0.326 e. The minimum atomic E-state index is -1.39. The molecular weight excluding hydrogens is 837 g/mol. The maximum absolute atomic E-state index is 13.8. The van der Waals surface area contributed by atoms with E-state index >= 15 is 0 Å². The molecule has 0 unspecified atom stereocenters. The number of aliphatic hydroxyl groups is 1. The number of carboxylic acids is 1. The number of nitrogens with one attached hydrogen (secondary N) is 5. The number of aliphatic imine (C=N–C) groups is 1. The first kappa shape index (κ1) is 52.0. The summed E-state index contributed by atoms with van der Waals surface area (Å²) in [4.78, 5) is 125. The van der Waals surface area contributed by atoms with E-state index in [9.17, 15) is 53.4 Å². The molecule has 0 radical (unpaired) electrons. The molecule has 23 heteroatoms. The third-order valence-corrected chi connectivity index (χ3v) is 10.8. The van der Waals surface area contributed by atoms with E-state index in [-0.39, 0.29) is 82.9 Å². The Balaban J connectivity index is 1.71. The van der Waals surface area contributed by atoms with Crippen molar-refractivity contribution in [2.45, 2.75) is 120 Å². The van der Waals surface area contributed by atoms with Crippen LogP contribution in [0.4, 0.5) is 0 Å². The van der Waals surface area contributed by atoms with E-state index in [1.807, 2.05) is 13.8 Å². The predicted molar refractivity (Wildman–Crippen MR) is 231 cm³/mol. The molecule has 23 nitrogen and oxygen atoms in total. The second-order valence-corrected chi connectivity index (χ2v) is 16.3. The first-order chi connectivity index (χ1) is 30.3. The first-order valence-corrected chi connectivity index (χ1v) is 21.4. The Morgan fingerprint density at radius 2 is 1.36 bits per heavy atom. The van der Waals surface area contributed by atoms with Gasteiger partial charge < -0.3 is 69.5 Å². The summed E-state index contributed by atoms with van der Waals surface area (Å²) in [6, 6.07) is 0.403. The average molecular weight is 901 g/mol. The van der Waals surface area contributed by atoms with Crippen LogP contribution in [0.1, 0.15) is 77.2 Å². The van der Waals surface area contributed by atoms with Crippen molar-refractivity contribution < 1.29 is 53.4 Å². The van der Waals surface area contributed by atoms with Crippen LogP contribution in [-0.2, 0) is 49.6 Å². The molecule has 64 heavy (non-hydrogen) atoms. The lowest BCUT2D eigenvalue weighted by Crippen LogP contribution is -2.58. The highest BCUT2D eigenvalue weighted by Gasteiger charge is 2.40. The molecule has 8 amide bonds. The van der Waals surface area contributed by atoms with Crippen molar-refractivity contribution in [3.63, 3.8) is 0 Å². The number of hydrogen-bond donors (Lipinski definition) is 11. The van der Waals surface area contributed by atoms with Crippen molar-refractivity contribution in [1.29, 1.82) is 0 Å². The van der Waals surface area contributed by atoms with Gasteiger partial charge in [-0.05, 0) is 62.8 Å². The Hall–Kier alpha value is -6.36. The zero-order valence-electron chi connectivity index (χ0n) is 36.3. The molecule has 2 fully saturated rings. The van der Waals surface area contributed by atoms with E-state index in [2.05, 4.69) is 31.6 Å². The largest absolute Gasteiger partial charge is 0.480 e. The number of carboxylic acid groups (broad SMARTS) is 1. The Labute approximate surface area is 371 Å². The van der Waals surface area contributed by atoms with Crippen LogP contribution in [0.25, 0.3) is 0 Å². The molecule has 1 aromatic carbocycles. The summed E-state index contributed by atoms with van der Waals surface area (Å²) in [5.74, 6) is -7.27. The third-order valence-electron chi connectivity index (χ3n) is 10.8. The highest BCUT2D eigenvalue weighted by Crippen LogP contribution is 2.21. The number of hydrogen-bond acceptors (Lipinski definition) is 12. The van der Waals surface area contributed by atoms with Gasteiger partial charge in [0.1, 0.15) is 42.3 Å². The fourth-order valence-corrected chi connectivity index (χ4v) is 7.47. The zero-order chi connectivity index (χ0) is 47.5. The van der Waals surface area contributed by atoms with Gasteiger partial charge in [0, 0.05) is 32.5 Å². The number of carbonyl (C=O) groups excluding carboxylic acids is 8. The second kappa shape index (κ2) is 25.7. The highest BCUT2D eigenvalue weighted by atomic mass is 16.4. The minimum Gasteiger partial charge on any atom is -0.480 e. The monoisotopic (exact) mass is 900 g/mol. The lowest BCUT2D eigenvalue weighted by molar-refractivity contribution is -0.143. The molecule has 7 atom stereocenters. The number of benzene rings is 1. The van der Waals surface area contributed by atoms with Gasteiger partial charge in [0.05, 0.1) is 13.2 Å². The van der Waals surface area contributed by atoms with Crippen LogP contribution in [0.2, 0.25) is 0 Å². The molecule has 2 saturated heterocycles. The van der Waals surface area contributed by atoms with Crippen molar-refractivity contribution in [3.05, 3.63) is 35.9 Å². The number of primary amides is 1. The van der Waals surface area contributed by atoms with Crippen LogP contribution in [-0.4, -0.2) is 154 Å². The summed E-state index contributed by atoms with van der Waals surface area (Å²) in [5, 5.41) is 31.9. The quantitative estimate of drug-likeness (QED) is 0.0254. The summed E-state index contributed by atoms with van der Waals surface area (Å²) in [6.07, 6.45) is 1.15. The first-order valence-electron chi connectivity index (χ1n) is 21.4. The highest BCUT2D eigenvalue weighted by molar-refractivity contribution is 5.97. The van der Waals surface area contributed by atoms with Crippen LogP contribution < -0.4 is 49.5 Å². The molecule has 15 N–H and O–H groups in total. The van der Waals surface area contributed by atoms with Crippen molar-refractivity contribution in [2.75, 3.05) is 32.8 Å². The Kier molecular flexibility index (Phi) is 20.9. The molecule has 1 aromatic rings. The van der Waals surface area contributed by atoms with Gasteiger partial charge in [-0.3, -0.25) is 43.3 Å². The van der Waals surface area contributed by atoms with Crippen LogP contribution >= 0.6 is 0 Å². The number of carbonyl (C=O) groups is 9. The summed E-state index contributed by atoms with van der Waals surface area (Å²) < 4.78 is 0. The standard InChI is InChI=1S/C41H64N12O11/c1-23(2)19-29(40(63)64)51-36(59)28(20-24-9-4-3-5-10-24)50-37(60)30-12-7-17-52(30)33(56)21-47-35(58)26(14-15-32(43)55)48-38(61)31-13-8-18-53(31)39(62)27(11-6-16-46-41(44)45)49-34(57)25(42)22-54/h3-5,9-10,23,25-31,54H,6-8,11-22,42H2,1-2H3,(H2,43,55)(H,47,58)(H,48,61)(H,49,57)(H,50,60)(H,51,59)(H,63,64)(H4,44,45,46)/t25-,26-,27-,28-,29-,30-,31-/m0/s1. The van der Waals surface area contributed by atoms with E-state index < -0.39 is 109 Å². The third kappa shape index (κ3) is 16.4. The van der Waals surface area contributed by atoms with Crippen LogP contribution in [0.15, 0.2) is 35.3 Å². The van der Waals surface area contributed by atoms with Gasteiger partial charge in [-0.2, -0.15) is 0 Å². The molecule has 3 rings (SSSR count). The molecule has 2 heterocycles. The maximum atomic E-state index is 13.8. The Morgan fingerprint density at radius 1 is 0.766 bits per heavy atom. The van der Waals surface area contributed by atoms with Crippen LogP contribution in [0.5, 0.6) is 0 Å².